The van der Waals surface area contributed by atoms with E-state index in [2.05, 4.69) is 5.32 Å². The second-order valence-electron chi connectivity index (χ2n) is 5.64. The molecular formula is C14H13F6N3O2S. The Morgan fingerprint density at radius 1 is 1.12 bits per heavy atom. The van der Waals surface area contributed by atoms with Gasteiger partial charge in [-0.1, -0.05) is 0 Å². The van der Waals surface area contributed by atoms with Gasteiger partial charge >= 0.3 is 21.7 Å². The summed E-state index contributed by atoms with van der Waals surface area (Å²) in [6.07, 6.45) is -4.90. The normalized spacial score (nSPS) is 17.7. The summed E-state index contributed by atoms with van der Waals surface area (Å²) in [5, 5.41) is 11.4. The summed E-state index contributed by atoms with van der Waals surface area (Å²) in [6, 6.07) is 3.79. The first-order valence-corrected chi connectivity index (χ1v) is 8.74. The van der Waals surface area contributed by atoms with Crippen LogP contribution in [0.4, 0.5) is 32.0 Å². The Balaban J connectivity index is 2.14. The molecule has 0 spiro atoms. The molecular weight excluding hydrogens is 388 g/mol. The molecule has 1 heterocycles. The Labute approximate surface area is 145 Å². The minimum Gasteiger partial charge on any atom is -0.382 e. The average molecular weight is 401 g/mol. The topological polar surface area (TPSA) is 73.2 Å². The highest BCUT2D eigenvalue weighted by molar-refractivity contribution is 7.90. The van der Waals surface area contributed by atoms with E-state index in [4.69, 9.17) is 5.26 Å². The molecule has 1 aliphatic heterocycles. The van der Waals surface area contributed by atoms with Gasteiger partial charge in [0.05, 0.1) is 17.2 Å². The molecule has 0 aromatic heterocycles. The van der Waals surface area contributed by atoms with E-state index in [9.17, 15) is 34.8 Å². The Morgan fingerprint density at radius 2 is 1.69 bits per heavy atom. The highest BCUT2D eigenvalue weighted by Crippen LogP contribution is 2.36. The van der Waals surface area contributed by atoms with Gasteiger partial charge < -0.3 is 5.32 Å². The van der Waals surface area contributed by atoms with Gasteiger partial charge in [0.2, 0.25) is 0 Å². The molecule has 1 N–H and O–H groups in total. The summed E-state index contributed by atoms with van der Waals surface area (Å²) in [5.74, 6) is 0. The molecule has 1 aromatic carbocycles. The highest BCUT2D eigenvalue weighted by Gasteiger charge is 2.50. The maximum atomic E-state index is 13.1. The molecule has 0 bridgehead atoms. The summed E-state index contributed by atoms with van der Waals surface area (Å²) >= 11 is 0. The molecule has 0 amide bonds. The van der Waals surface area contributed by atoms with Crippen molar-refractivity contribution in [3.8, 4) is 6.07 Å². The zero-order chi connectivity index (χ0) is 19.8. The summed E-state index contributed by atoms with van der Waals surface area (Å²) in [7, 11) is -5.46. The first kappa shape index (κ1) is 20.3. The third-order valence-corrected chi connectivity index (χ3v) is 5.53. The number of nitrogens with zero attached hydrogens (tertiary/aromatic N) is 2. The number of nitriles is 1. The van der Waals surface area contributed by atoms with Crippen LogP contribution in [0.1, 0.15) is 24.0 Å². The van der Waals surface area contributed by atoms with Crippen molar-refractivity contribution in [3.05, 3.63) is 29.3 Å². The third kappa shape index (κ3) is 4.21. The van der Waals surface area contributed by atoms with Crippen molar-refractivity contribution < 1.29 is 34.8 Å². The van der Waals surface area contributed by atoms with Crippen LogP contribution in [0.25, 0.3) is 0 Å². The van der Waals surface area contributed by atoms with E-state index in [1.807, 2.05) is 0 Å². The molecule has 0 aliphatic carbocycles. The van der Waals surface area contributed by atoms with Crippen molar-refractivity contribution in [3.63, 3.8) is 0 Å². The minimum absolute atomic E-state index is 0.0161. The molecule has 26 heavy (non-hydrogen) atoms. The Morgan fingerprint density at radius 3 is 2.15 bits per heavy atom. The molecule has 1 aliphatic rings. The van der Waals surface area contributed by atoms with Crippen LogP contribution in [0.3, 0.4) is 0 Å². The van der Waals surface area contributed by atoms with Gasteiger partial charge in [0.15, 0.2) is 0 Å². The maximum Gasteiger partial charge on any atom is 0.511 e. The predicted octanol–water partition coefficient (Wildman–Crippen LogP) is 3.30. The minimum atomic E-state index is -5.46. The number of piperidine rings is 1. The second-order valence-corrected chi connectivity index (χ2v) is 7.57. The number of halogens is 6. The number of nitrogens with one attached hydrogen (secondary N) is 1. The lowest BCUT2D eigenvalue weighted by atomic mass is 10.0. The van der Waals surface area contributed by atoms with Crippen molar-refractivity contribution in [2.75, 3.05) is 18.4 Å². The van der Waals surface area contributed by atoms with E-state index in [1.165, 1.54) is 0 Å². The van der Waals surface area contributed by atoms with Gasteiger partial charge in [0, 0.05) is 24.8 Å². The number of anilines is 1. The van der Waals surface area contributed by atoms with Gasteiger partial charge in [-0.05, 0) is 31.0 Å². The number of hydrogen-bond donors (Lipinski definition) is 1. The van der Waals surface area contributed by atoms with E-state index in [0.29, 0.717) is 0 Å². The van der Waals surface area contributed by atoms with Crippen LogP contribution in [0, 0.1) is 11.3 Å². The SMILES string of the molecule is N#Cc1ccc(C(F)(F)F)c(NC2CCN(S(=O)(=O)C(F)(F)F)CC2)c1. The number of hydrogen-bond acceptors (Lipinski definition) is 4. The predicted molar refractivity (Wildman–Crippen MR) is 79.4 cm³/mol. The van der Waals surface area contributed by atoms with E-state index in [1.54, 1.807) is 6.07 Å². The molecule has 5 nitrogen and oxygen atoms in total. The first-order valence-electron chi connectivity index (χ1n) is 7.30. The highest BCUT2D eigenvalue weighted by atomic mass is 32.2. The van der Waals surface area contributed by atoms with E-state index in [0.717, 1.165) is 18.2 Å². The average Bonchev–Trinajstić information content (AvgIpc) is 2.53. The fourth-order valence-electron chi connectivity index (χ4n) is 2.59. The lowest BCUT2D eigenvalue weighted by molar-refractivity contribution is -0.137. The maximum absolute atomic E-state index is 13.1. The molecule has 0 atom stereocenters. The summed E-state index contributed by atoms with van der Waals surface area (Å²) in [6.45, 7) is -0.947. The van der Waals surface area contributed by atoms with Crippen LogP contribution in [-0.2, 0) is 16.2 Å². The largest absolute Gasteiger partial charge is 0.511 e. The lowest BCUT2D eigenvalue weighted by Gasteiger charge is -2.32. The van der Waals surface area contributed by atoms with Gasteiger partial charge in [-0.2, -0.15) is 35.9 Å². The van der Waals surface area contributed by atoms with Gasteiger partial charge in [0.1, 0.15) is 0 Å². The monoisotopic (exact) mass is 401 g/mol. The molecule has 12 heteroatoms. The number of benzene rings is 1. The fraction of sp³-hybridized carbons (Fsp3) is 0.500. The number of alkyl halides is 6. The van der Waals surface area contributed by atoms with E-state index >= 15 is 0 Å². The van der Waals surface area contributed by atoms with Crippen LogP contribution in [0.15, 0.2) is 18.2 Å². The zero-order valence-corrected chi connectivity index (χ0v) is 13.8. The quantitative estimate of drug-likeness (QED) is 0.789. The summed E-state index contributed by atoms with van der Waals surface area (Å²) in [5.41, 5.74) is -6.81. The van der Waals surface area contributed by atoms with E-state index in [-0.39, 0.29) is 28.4 Å². The lowest BCUT2D eigenvalue weighted by Crippen LogP contribution is -2.47. The van der Waals surface area contributed by atoms with E-state index < -0.39 is 46.4 Å². The summed E-state index contributed by atoms with van der Waals surface area (Å²) in [4.78, 5) is 0. The van der Waals surface area contributed by atoms with Gasteiger partial charge in [-0.15, -0.1) is 0 Å². The molecule has 0 saturated carbocycles. The van der Waals surface area contributed by atoms with Gasteiger partial charge in [-0.25, -0.2) is 8.42 Å². The molecule has 0 unspecified atom stereocenters. The second kappa shape index (κ2) is 6.96. The van der Waals surface area contributed by atoms with Crippen LogP contribution < -0.4 is 5.32 Å². The van der Waals surface area contributed by atoms with Crippen LogP contribution in [0.2, 0.25) is 0 Å². The van der Waals surface area contributed by atoms with Crippen molar-refractivity contribution in [1.29, 1.82) is 5.26 Å². The Hall–Kier alpha value is -2.00. The first-order chi connectivity index (χ1) is 11.9. The van der Waals surface area contributed by atoms with Crippen LogP contribution >= 0.6 is 0 Å². The molecule has 1 fully saturated rings. The van der Waals surface area contributed by atoms with Crippen LogP contribution in [-0.4, -0.2) is 37.4 Å². The molecule has 2 rings (SSSR count). The molecule has 1 saturated heterocycles. The number of rotatable bonds is 3. The number of sulfonamides is 1. The van der Waals surface area contributed by atoms with Crippen molar-refractivity contribution in [2.45, 2.75) is 30.6 Å². The molecule has 144 valence electrons. The third-order valence-electron chi connectivity index (χ3n) is 3.90. The van der Waals surface area contributed by atoms with Crippen molar-refractivity contribution >= 4 is 15.7 Å². The van der Waals surface area contributed by atoms with Gasteiger partial charge in [0.25, 0.3) is 0 Å². The fourth-order valence-corrected chi connectivity index (χ4v) is 3.57. The Bertz CT molecular complexity index is 805. The molecule has 0 radical (unpaired) electrons. The smallest absolute Gasteiger partial charge is 0.382 e. The zero-order valence-electron chi connectivity index (χ0n) is 13.0. The van der Waals surface area contributed by atoms with Crippen molar-refractivity contribution in [2.24, 2.45) is 0 Å². The van der Waals surface area contributed by atoms with Gasteiger partial charge in [-0.3, -0.25) is 0 Å². The summed E-state index contributed by atoms with van der Waals surface area (Å²) < 4.78 is 99.7. The van der Waals surface area contributed by atoms with Crippen molar-refractivity contribution in [1.82, 2.24) is 4.31 Å². The Kier molecular flexibility index (Phi) is 5.44. The standard InChI is InChI=1S/C14H13F6N3O2S/c15-13(16,17)11-2-1-9(8-21)7-12(11)22-10-3-5-23(6-4-10)26(24,25)14(18,19)20/h1-2,7,10,22H,3-6H2. The van der Waals surface area contributed by atoms with Crippen LogP contribution in [0.5, 0.6) is 0 Å². The molecule has 1 aromatic rings.